The number of alkyl halides is 3. The van der Waals surface area contributed by atoms with Crippen LogP contribution in [0.5, 0.6) is 0 Å². The maximum absolute atomic E-state index is 13.7. The van der Waals surface area contributed by atoms with Gasteiger partial charge < -0.3 is 4.42 Å². The van der Waals surface area contributed by atoms with Crippen LogP contribution in [0.2, 0.25) is 0 Å². The molecule has 1 N–H and O–H groups in total. The van der Waals surface area contributed by atoms with Gasteiger partial charge >= 0.3 is 6.18 Å². The summed E-state index contributed by atoms with van der Waals surface area (Å²) >= 11 is 0. The van der Waals surface area contributed by atoms with Crippen molar-refractivity contribution < 1.29 is 35.2 Å². The second-order valence-electron chi connectivity index (χ2n) is 5.44. The first-order chi connectivity index (χ1) is 13.2. The highest BCUT2D eigenvalue weighted by atomic mass is 19.4. The molecule has 0 unspecified atom stereocenters. The summed E-state index contributed by atoms with van der Waals surface area (Å²) in [4.78, 5) is 0. The first kappa shape index (κ1) is 19.5. The van der Waals surface area contributed by atoms with Crippen molar-refractivity contribution in [2.45, 2.75) is 6.18 Å². The molecule has 0 saturated carbocycles. The Hall–Kier alpha value is -3.30. The van der Waals surface area contributed by atoms with Crippen LogP contribution in [0, 0.1) is 23.3 Å². The van der Waals surface area contributed by atoms with Gasteiger partial charge in [-0.1, -0.05) is 30.3 Å². The summed E-state index contributed by atoms with van der Waals surface area (Å²) in [7, 11) is 0. The molecular formula is C18H9F7N2O. The average molecular weight is 402 g/mol. The van der Waals surface area contributed by atoms with Gasteiger partial charge in [0.2, 0.25) is 0 Å². The fraction of sp³-hybridized carbons (Fsp3) is 0.0556. The maximum Gasteiger partial charge on any atom is 0.422 e. The fourth-order valence-electron chi connectivity index (χ4n) is 2.32. The minimum Gasteiger partial charge on any atom is -0.455 e. The van der Waals surface area contributed by atoms with Gasteiger partial charge in [0.25, 0.3) is 0 Å². The van der Waals surface area contributed by atoms with E-state index in [0.29, 0.717) is 5.76 Å². The molecule has 3 aromatic rings. The molecule has 10 heteroatoms. The standard InChI is InChI=1S/C18H9F7N2O/c19-13-12(18(23,24)25)14(20)16(22)17(15(13)21)27-26-8-10-6-7-11(28-10)9-4-2-1-3-5-9/h1-8,27H/b26-8+. The molecule has 0 atom stereocenters. The van der Waals surface area contributed by atoms with E-state index in [4.69, 9.17) is 4.42 Å². The Morgan fingerprint density at radius 1 is 0.821 bits per heavy atom. The minimum atomic E-state index is -5.61. The van der Waals surface area contributed by atoms with Crippen LogP contribution in [0.15, 0.2) is 52.0 Å². The van der Waals surface area contributed by atoms with Gasteiger partial charge in [0.05, 0.1) is 6.21 Å². The summed E-state index contributed by atoms with van der Waals surface area (Å²) in [6.07, 6.45) is -4.68. The van der Waals surface area contributed by atoms with Gasteiger partial charge in [-0.05, 0) is 12.1 Å². The monoisotopic (exact) mass is 402 g/mol. The predicted octanol–water partition coefficient (Wildman–Crippen LogP) is 5.97. The fourth-order valence-corrected chi connectivity index (χ4v) is 2.32. The van der Waals surface area contributed by atoms with Crippen LogP contribution in [0.4, 0.5) is 36.4 Å². The normalized spacial score (nSPS) is 12.0. The van der Waals surface area contributed by atoms with Gasteiger partial charge in [-0.25, -0.2) is 17.6 Å². The van der Waals surface area contributed by atoms with Gasteiger partial charge in [-0.2, -0.15) is 18.3 Å². The second-order valence-corrected chi connectivity index (χ2v) is 5.44. The molecule has 0 radical (unpaired) electrons. The van der Waals surface area contributed by atoms with Crippen molar-refractivity contribution in [2.75, 3.05) is 5.43 Å². The maximum atomic E-state index is 13.7. The molecule has 28 heavy (non-hydrogen) atoms. The lowest BCUT2D eigenvalue weighted by atomic mass is 10.1. The van der Waals surface area contributed by atoms with E-state index >= 15 is 0 Å². The molecule has 3 rings (SSSR count). The Balaban J connectivity index is 1.85. The lowest BCUT2D eigenvalue weighted by molar-refractivity contribution is -0.143. The van der Waals surface area contributed by atoms with E-state index in [9.17, 15) is 30.7 Å². The van der Waals surface area contributed by atoms with Crippen LogP contribution in [0.1, 0.15) is 11.3 Å². The highest BCUT2D eigenvalue weighted by molar-refractivity contribution is 5.78. The topological polar surface area (TPSA) is 37.5 Å². The van der Waals surface area contributed by atoms with Gasteiger partial charge in [-0.15, -0.1) is 0 Å². The third-order valence-corrected chi connectivity index (χ3v) is 3.60. The van der Waals surface area contributed by atoms with Gasteiger partial charge in [0, 0.05) is 5.56 Å². The van der Waals surface area contributed by atoms with E-state index in [1.807, 2.05) is 0 Å². The number of hydrogen-bond donors (Lipinski definition) is 1. The zero-order valence-electron chi connectivity index (χ0n) is 13.6. The molecule has 0 aliphatic rings. The Bertz CT molecular complexity index is 997. The number of halogens is 7. The molecule has 1 heterocycles. The van der Waals surface area contributed by atoms with Crippen LogP contribution in [-0.2, 0) is 6.18 Å². The van der Waals surface area contributed by atoms with Crippen molar-refractivity contribution in [2.24, 2.45) is 5.10 Å². The quantitative estimate of drug-likeness (QED) is 0.253. The zero-order valence-corrected chi connectivity index (χ0v) is 13.6. The predicted molar refractivity (Wildman–Crippen MR) is 86.6 cm³/mol. The summed E-state index contributed by atoms with van der Waals surface area (Å²) in [5.41, 5.74) is -1.78. The molecule has 0 spiro atoms. The van der Waals surface area contributed by atoms with Crippen molar-refractivity contribution >= 4 is 11.9 Å². The number of hydrazone groups is 1. The number of nitrogens with zero attached hydrogens (tertiary/aromatic N) is 1. The highest BCUT2D eigenvalue weighted by Gasteiger charge is 2.42. The molecule has 0 fully saturated rings. The van der Waals surface area contributed by atoms with Crippen molar-refractivity contribution in [3.8, 4) is 11.3 Å². The Kier molecular flexibility index (Phi) is 5.12. The van der Waals surface area contributed by atoms with Crippen molar-refractivity contribution in [1.29, 1.82) is 0 Å². The van der Waals surface area contributed by atoms with E-state index in [-0.39, 0.29) is 5.76 Å². The minimum absolute atomic E-state index is 0.111. The van der Waals surface area contributed by atoms with Gasteiger partial charge in [-0.3, -0.25) is 5.43 Å². The molecule has 0 bridgehead atoms. The largest absolute Gasteiger partial charge is 0.455 e. The average Bonchev–Trinajstić information content (AvgIpc) is 3.11. The summed E-state index contributed by atoms with van der Waals surface area (Å²) in [6.45, 7) is 0. The van der Waals surface area contributed by atoms with Crippen molar-refractivity contribution in [3.63, 3.8) is 0 Å². The molecule has 0 saturated heterocycles. The SMILES string of the molecule is Fc1c(F)c(C(F)(F)F)c(F)c(F)c1N/N=C/c1ccc(-c2ccccc2)o1. The summed E-state index contributed by atoms with van der Waals surface area (Å²) < 4.78 is 97.6. The summed E-state index contributed by atoms with van der Waals surface area (Å²) in [5.74, 6) is -9.10. The molecule has 0 aliphatic heterocycles. The third kappa shape index (κ3) is 3.71. The first-order valence-electron chi connectivity index (χ1n) is 7.57. The summed E-state index contributed by atoms with van der Waals surface area (Å²) in [6, 6.07) is 11.9. The number of furan rings is 1. The Labute approximate surface area is 153 Å². The number of rotatable bonds is 4. The van der Waals surface area contributed by atoms with E-state index in [1.165, 1.54) is 6.07 Å². The van der Waals surface area contributed by atoms with Crippen LogP contribution in [0.3, 0.4) is 0 Å². The number of hydrogen-bond acceptors (Lipinski definition) is 3. The number of benzene rings is 2. The molecule has 1 aromatic heterocycles. The molecular weight excluding hydrogens is 393 g/mol. The highest BCUT2D eigenvalue weighted by Crippen LogP contribution is 2.38. The number of anilines is 1. The van der Waals surface area contributed by atoms with Crippen LogP contribution in [-0.4, -0.2) is 6.21 Å². The van der Waals surface area contributed by atoms with Crippen LogP contribution < -0.4 is 5.43 Å². The molecule has 146 valence electrons. The first-order valence-corrected chi connectivity index (χ1v) is 7.57. The van der Waals surface area contributed by atoms with E-state index < -0.39 is 40.7 Å². The lowest BCUT2D eigenvalue weighted by Crippen LogP contribution is -2.16. The van der Waals surface area contributed by atoms with E-state index in [0.717, 1.165) is 11.8 Å². The molecule has 3 nitrogen and oxygen atoms in total. The Morgan fingerprint density at radius 2 is 1.43 bits per heavy atom. The van der Waals surface area contributed by atoms with E-state index in [2.05, 4.69) is 5.10 Å². The molecule has 0 aliphatic carbocycles. The van der Waals surface area contributed by atoms with Crippen molar-refractivity contribution in [1.82, 2.24) is 0 Å². The number of nitrogens with one attached hydrogen (secondary N) is 1. The second kappa shape index (κ2) is 7.37. The third-order valence-electron chi connectivity index (χ3n) is 3.60. The summed E-state index contributed by atoms with van der Waals surface area (Å²) in [5, 5.41) is 3.35. The van der Waals surface area contributed by atoms with E-state index in [1.54, 1.807) is 41.8 Å². The molecule has 0 amide bonds. The molecule has 2 aromatic carbocycles. The lowest BCUT2D eigenvalue weighted by Gasteiger charge is -2.13. The van der Waals surface area contributed by atoms with Crippen LogP contribution in [0.25, 0.3) is 11.3 Å². The van der Waals surface area contributed by atoms with Crippen molar-refractivity contribution in [3.05, 3.63) is 77.1 Å². The zero-order chi connectivity index (χ0) is 20.5. The Morgan fingerprint density at radius 3 is 2.00 bits per heavy atom. The smallest absolute Gasteiger partial charge is 0.422 e. The van der Waals surface area contributed by atoms with Gasteiger partial charge in [0.1, 0.15) is 22.8 Å². The van der Waals surface area contributed by atoms with Crippen LogP contribution >= 0.6 is 0 Å². The van der Waals surface area contributed by atoms with Gasteiger partial charge in [0.15, 0.2) is 23.3 Å².